The van der Waals surface area contributed by atoms with E-state index in [1.54, 1.807) is 18.2 Å². The molecule has 1 aromatic rings. The van der Waals surface area contributed by atoms with E-state index in [0.29, 0.717) is 15.7 Å². The molecule has 0 heterocycles. The number of terminal acetylenes is 1. The fraction of sp³-hybridized carbons (Fsp3) is 0.100. The number of nitrogens with two attached hydrogens (primary N) is 1. The van der Waals surface area contributed by atoms with Gasteiger partial charge in [0.2, 0.25) is 0 Å². The fourth-order valence-corrected chi connectivity index (χ4v) is 1.37. The van der Waals surface area contributed by atoms with Crippen LogP contribution in [-0.4, -0.2) is 12.5 Å². The normalized spacial score (nSPS) is 9.14. The molecule has 0 saturated heterocycles. The van der Waals surface area contributed by atoms with E-state index in [-0.39, 0.29) is 12.5 Å². The number of nitrogens with one attached hydrogen (secondary N) is 1. The highest BCUT2D eigenvalue weighted by Gasteiger charge is 2.08. The Morgan fingerprint density at radius 3 is 3.00 bits per heavy atom. The van der Waals surface area contributed by atoms with Gasteiger partial charge in [0, 0.05) is 10.2 Å². The molecule has 0 atom stereocenters. The molecule has 3 nitrogen and oxygen atoms in total. The summed E-state index contributed by atoms with van der Waals surface area (Å²) >= 11 is 3.25. The molecule has 0 fully saturated rings. The predicted octanol–water partition coefficient (Wildman–Crippen LogP) is 1.39. The SMILES string of the molecule is C#CCNC(=O)c1cc(N)ccc1Br. The van der Waals surface area contributed by atoms with E-state index < -0.39 is 0 Å². The number of hydrogen-bond donors (Lipinski definition) is 2. The van der Waals surface area contributed by atoms with Gasteiger partial charge in [-0.25, -0.2) is 0 Å². The van der Waals surface area contributed by atoms with Gasteiger partial charge in [-0.2, -0.15) is 0 Å². The number of halogens is 1. The fourth-order valence-electron chi connectivity index (χ4n) is 0.943. The molecule has 4 heteroatoms. The molecule has 72 valence electrons. The average Bonchev–Trinajstić information content (AvgIpc) is 2.18. The van der Waals surface area contributed by atoms with Crippen molar-refractivity contribution in [1.29, 1.82) is 0 Å². The van der Waals surface area contributed by atoms with Gasteiger partial charge in [0.25, 0.3) is 5.91 Å². The van der Waals surface area contributed by atoms with E-state index in [9.17, 15) is 4.79 Å². The Morgan fingerprint density at radius 2 is 2.36 bits per heavy atom. The van der Waals surface area contributed by atoms with Crippen molar-refractivity contribution in [3.8, 4) is 12.3 Å². The van der Waals surface area contributed by atoms with Crippen LogP contribution >= 0.6 is 15.9 Å². The first kappa shape index (κ1) is 10.6. The summed E-state index contributed by atoms with van der Waals surface area (Å²) in [6.45, 7) is 0.208. The molecular formula is C10H9BrN2O. The largest absolute Gasteiger partial charge is 0.399 e. The maximum Gasteiger partial charge on any atom is 0.253 e. The van der Waals surface area contributed by atoms with E-state index in [2.05, 4.69) is 27.2 Å². The van der Waals surface area contributed by atoms with Crippen LogP contribution in [0.5, 0.6) is 0 Å². The average molecular weight is 253 g/mol. The van der Waals surface area contributed by atoms with Gasteiger partial charge < -0.3 is 11.1 Å². The van der Waals surface area contributed by atoms with Crippen LogP contribution in [-0.2, 0) is 0 Å². The molecule has 14 heavy (non-hydrogen) atoms. The molecule has 0 aliphatic rings. The van der Waals surface area contributed by atoms with Crippen molar-refractivity contribution in [2.75, 3.05) is 12.3 Å². The van der Waals surface area contributed by atoms with Crippen molar-refractivity contribution in [1.82, 2.24) is 5.32 Å². The Kier molecular flexibility index (Phi) is 3.55. The van der Waals surface area contributed by atoms with E-state index in [1.807, 2.05) is 0 Å². The minimum absolute atomic E-state index is 0.208. The van der Waals surface area contributed by atoms with Gasteiger partial charge in [-0.15, -0.1) is 6.42 Å². The van der Waals surface area contributed by atoms with Gasteiger partial charge in [0.15, 0.2) is 0 Å². The van der Waals surface area contributed by atoms with E-state index in [4.69, 9.17) is 12.2 Å². The number of carbonyl (C=O) groups excluding carboxylic acids is 1. The second-order valence-corrected chi connectivity index (χ2v) is 3.48. The Labute approximate surface area is 90.8 Å². The van der Waals surface area contributed by atoms with Crippen LogP contribution < -0.4 is 11.1 Å². The summed E-state index contributed by atoms with van der Waals surface area (Å²) in [5.74, 6) is 2.09. The third kappa shape index (κ3) is 2.51. The summed E-state index contributed by atoms with van der Waals surface area (Å²) in [6, 6.07) is 5.03. The first-order valence-electron chi connectivity index (χ1n) is 3.92. The lowest BCUT2D eigenvalue weighted by atomic mass is 10.2. The predicted molar refractivity (Wildman–Crippen MR) is 59.7 cm³/mol. The van der Waals surface area contributed by atoms with E-state index >= 15 is 0 Å². The van der Waals surface area contributed by atoms with Crippen LogP contribution in [0.3, 0.4) is 0 Å². The molecule has 1 amide bonds. The molecule has 0 aliphatic carbocycles. The number of rotatable bonds is 2. The Morgan fingerprint density at radius 1 is 1.64 bits per heavy atom. The monoisotopic (exact) mass is 252 g/mol. The maximum absolute atomic E-state index is 11.5. The van der Waals surface area contributed by atoms with Crippen molar-refractivity contribution >= 4 is 27.5 Å². The Hall–Kier alpha value is -1.47. The van der Waals surface area contributed by atoms with Crippen molar-refractivity contribution < 1.29 is 4.79 Å². The van der Waals surface area contributed by atoms with E-state index in [0.717, 1.165) is 0 Å². The number of benzene rings is 1. The highest BCUT2D eigenvalue weighted by molar-refractivity contribution is 9.10. The van der Waals surface area contributed by atoms with Crippen molar-refractivity contribution in [2.45, 2.75) is 0 Å². The van der Waals surface area contributed by atoms with Gasteiger partial charge in [-0.3, -0.25) is 4.79 Å². The molecule has 0 saturated carbocycles. The minimum atomic E-state index is -0.234. The number of amides is 1. The van der Waals surface area contributed by atoms with Crippen LogP contribution in [0.4, 0.5) is 5.69 Å². The first-order valence-corrected chi connectivity index (χ1v) is 4.71. The van der Waals surface area contributed by atoms with Crippen LogP contribution in [0.15, 0.2) is 22.7 Å². The molecule has 0 unspecified atom stereocenters. The van der Waals surface area contributed by atoms with Gasteiger partial charge in [-0.1, -0.05) is 5.92 Å². The van der Waals surface area contributed by atoms with Gasteiger partial charge in [0.05, 0.1) is 12.1 Å². The number of anilines is 1. The highest BCUT2D eigenvalue weighted by Crippen LogP contribution is 2.19. The maximum atomic E-state index is 11.5. The Bertz CT molecular complexity index is 396. The third-order valence-electron chi connectivity index (χ3n) is 1.59. The van der Waals surface area contributed by atoms with Crippen molar-refractivity contribution in [2.24, 2.45) is 0 Å². The van der Waals surface area contributed by atoms with E-state index in [1.165, 1.54) is 0 Å². The summed E-state index contributed by atoms with van der Waals surface area (Å²) in [6.07, 6.45) is 5.02. The lowest BCUT2D eigenvalue weighted by Gasteiger charge is -2.04. The van der Waals surface area contributed by atoms with Crippen LogP contribution in [0, 0.1) is 12.3 Å². The number of nitrogen functional groups attached to an aromatic ring is 1. The van der Waals surface area contributed by atoms with Gasteiger partial charge in [0.1, 0.15) is 0 Å². The molecule has 0 radical (unpaired) electrons. The molecule has 3 N–H and O–H groups in total. The quantitative estimate of drug-likeness (QED) is 0.618. The van der Waals surface area contributed by atoms with Crippen LogP contribution in [0.2, 0.25) is 0 Å². The summed E-state index contributed by atoms with van der Waals surface area (Å²) < 4.78 is 0.696. The summed E-state index contributed by atoms with van der Waals surface area (Å²) in [5.41, 5.74) is 6.58. The van der Waals surface area contributed by atoms with Gasteiger partial charge >= 0.3 is 0 Å². The van der Waals surface area contributed by atoms with Crippen molar-refractivity contribution in [3.05, 3.63) is 28.2 Å². The number of carbonyl (C=O) groups is 1. The Balaban J connectivity index is 2.90. The zero-order chi connectivity index (χ0) is 10.6. The highest BCUT2D eigenvalue weighted by atomic mass is 79.9. The second kappa shape index (κ2) is 4.68. The zero-order valence-electron chi connectivity index (χ0n) is 7.38. The topological polar surface area (TPSA) is 55.1 Å². The first-order chi connectivity index (χ1) is 6.65. The lowest BCUT2D eigenvalue weighted by Crippen LogP contribution is -2.23. The summed E-state index contributed by atoms with van der Waals surface area (Å²) in [4.78, 5) is 11.5. The molecule has 1 rings (SSSR count). The molecule has 0 spiro atoms. The van der Waals surface area contributed by atoms with Crippen LogP contribution in [0.25, 0.3) is 0 Å². The smallest absolute Gasteiger partial charge is 0.253 e. The van der Waals surface area contributed by atoms with Crippen LogP contribution in [0.1, 0.15) is 10.4 Å². The summed E-state index contributed by atoms with van der Waals surface area (Å²) in [7, 11) is 0. The third-order valence-corrected chi connectivity index (χ3v) is 2.28. The second-order valence-electron chi connectivity index (χ2n) is 2.63. The zero-order valence-corrected chi connectivity index (χ0v) is 8.97. The molecule has 0 bridgehead atoms. The number of hydrogen-bond acceptors (Lipinski definition) is 2. The van der Waals surface area contributed by atoms with Crippen molar-refractivity contribution in [3.63, 3.8) is 0 Å². The summed E-state index contributed by atoms with van der Waals surface area (Å²) in [5, 5.41) is 2.56. The van der Waals surface area contributed by atoms with Gasteiger partial charge in [-0.05, 0) is 34.1 Å². The lowest BCUT2D eigenvalue weighted by molar-refractivity contribution is 0.0958. The molecule has 0 aromatic heterocycles. The molecular weight excluding hydrogens is 244 g/mol. The minimum Gasteiger partial charge on any atom is -0.399 e. The standard InChI is InChI=1S/C10H9BrN2O/c1-2-5-13-10(14)8-6-7(12)3-4-9(8)11/h1,3-4,6H,5,12H2,(H,13,14). The molecule has 1 aromatic carbocycles. The molecule has 0 aliphatic heterocycles.